The Balaban J connectivity index is 1.59. The van der Waals surface area contributed by atoms with Gasteiger partial charge in [-0.1, -0.05) is 6.92 Å². The van der Waals surface area contributed by atoms with Crippen LogP contribution in [0, 0.1) is 6.92 Å². The molecule has 1 fully saturated rings. The Morgan fingerprint density at radius 3 is 2.33 bits per heavy atom. The number of carbonyl (C=O) groups excluding carboxylic acids is 1. The number of nitrogens with zero attached hydrogens (tertiary/aromatic N) is 2. The topological polar surface area (TPSA) is 56.8 Å². The molecule has 2 aromatic rings. The van der Waals surface area contributed by atoms with Crippen LogP contribution in [0.1, 0.15) is 12.5 Å². The highest BCUT2D eigenvalue weighted by Crippen LogP contribution is 2.24. The molecule has 3 rings (SSSR count). The van der Waals surface area contributed by atoms with Crippen LogP contribution in [0.4, 0.5) is 21.9 Å². The molecular formula is C21H28N4O2. The number of urea groups is 1. The Bertz CT molecular complexity index is 768. The van der Waals surface area contributed by atoms with Crippen LogP contribution in [-0.4, -0.2) is 50.8 Å². The number of anilines is 3. The van der Waals surface area contributed by atoms with Crippen LogP contribution in [-0.2, 0) is 0 Å². The van der Waals surface area contributed by atoms with Crippen LogP contribution < -0.4 is 20.3 Å². The number of nitrogens with one attached hydrogen (secondary N) is 2. The first-order valence-electron chi connectivity index (χ1n) is 9.39. The highest BCUT2D eigenvalue weighted by atomic mass is 16.5. The molecule has 2 N–H and O–H groups in total. The normalized spacial score (nSPS) is 14.7. The summed E-state index contributed by atoms with van der Waals surface area (Å²) in [5, 5.41) is 5.76. The van der Waals surface area contributed by atoms with Gasteiger partial charge in [-0.2, -0.15) is 0 Å². The van der Waals surface area contributed by atoms with Gasteiger partial charge in [0.25, 0.3) is 0 Å². The van der Waals surface area contributed by atoms with E-state index in [9.17, 15) is 4.79 Å². The van der Waals surface area contributed by atoms with Gasteiger partial charge in [-0.3, -0.25) is 0 Å². The van der Waals surface area contributed by atoms with Gasteiger partial charge in [0.1, 0.15) is 5.75 Å². The third kappa shape index (κ3) is 4.92. The molecule has 0 bridgehead atoms. The molecule has 0 atom stereocenters. The quantitative estimate of drug-likeness (QED) is 0.843. The van der Waals surface area contributed by atoms with E-state index in [1.54, 1.807) is 7.11 Å². The molecule has 0 aromatic heterocycles. The number of aryl methyl sites for hydroxylation is 1. The maximum atomic E-state index is 12.3. The zero-order valence-corrected chi connectivity index (χ0v) is 16.3. The highest BCUT2D eigenvalue weighted by molar-refractivity contribution is 6.00. The van der Waals surface area contributed by atoms with Gasteiger partial charge in [0.2, 0.25) is 0 Å². The maximum absolute atomic E-state index is 12.3. The smallest absolute Gasteiger partial charge is 0.323 e. The SMILES string of the molecule is CCN1CCN(c2ccc(NC(=O)Nc3ccc(OC)cc3)c(C)c2)CC1. The number of benzene rings is 2. The molecule has 2 aromatic carbocycles. The molecule has 0 aliphatic carbocycles. The van der Waals surface area contributed by atoms with E-state index in [0.717, 1.165) is 55.4 Å². The molecule has 1 aliphatic heterocycles. The zero-order valence-electron chi connectivity index (χ0n) is 16.3. The lowest BCUT2D eigenvalue weighted by Crippen LogP contribution is -2.46. The Morgan fingerprint density at radius 2 is 1.74 bits per heavy atom. The molecule has 6 nitrogen and oxygen atoms in total. The van der Waals surface area contributed by atoms with Crippen molar-refractivity contribution in [1.82, 2.24) is 4.90 Å². The Labute approximate surface area is 161 Å². The van der Waals surface area contributed by atoms with E-state index in [1.807, 2.05) is 37.3 Å². The molecule has 2 amide bonds. The molecule has 1 heterocycles. The first-order chi connectivity index (χ1) is 13.1. The number of piperazine rings is 1. The summed E-state index contributed by atoms with van der Waals surface area (Å²) in [5.41, 5.74) is 3.80. The summed E-state index contributed by atoms with van der Waals surface area (Å²) in [4.78, 5) is 17.1. The van der Waals surface area contributed by atoms with E-state index in [2.05, 4.69) is 39.5 Å². The lowest BCUT2D eigenvalue weighted by molar-refractivity contribution is 0.262. The van der Waals surface area contributed by atoms with E-state index in [4.69, 9.17) is 4.74 Å². The van der Waals surface area contributed by atoms with Crippen LogP contribution in [0.25, 0.3) is 0 Å². The molecule has 0 saturated carbocycles. The molecule has 27 heavy (non-hydrogen) atoms. The van der Waals surface area contributed by atoms with Crippen molar-refractivity contribution in [2.45, 2.75) is 13.8 Å². The lowest BCUT2D eigenvalue weighted by atomic mass is 10.1. The zero-order chi connectivity index (χ0) is 19.2. The minimum atomic E-state index is -0.257. The summed E-state index contributed by atoms with van der Waals surface area (Å²) in [7, 11) is 1.62. The van der Waals surface area contributed by atoms with Crippen molar-refractivity contribution in [3.05, 3.63) is 48.0 Å². The number of likely N-dealkylation sites (N-methyl/N-ethyl adjacent to an activating group) is 1. The van der Waals surface area contributed by atoms with Gasteiger partial charge in [-0.25, -0.2) is 4.79 Å². The van der Waals surface area contributed by atoms with Gasteiger partial charge in [0.15, 0.2) is 0 Å². The van der Waals surface area contributed by atoms with Gasteiger partial charge in [0.05, 0.1) is 7.11 Å². The van der Waals surface area contributed by atoms with Crippen LogP contribution in [0.15, 0.2) is 42.5 Å². The van der Waals surface area contributed by atoms with Crippen molar-refractivity contribution in [2.24, 2.45) is 0 Å². The fraction of sp³-hybridized carbons (Fsp3) is 0.381. The summed E-state index contributed by atoms with van der Waals surface area (Å²) >= 11 is 0. The predicted octanol–water partition coefficient (Wildman–Crippen LogP) is 3.79. The summed E-state index contributed by atoms with van der Waals surface area (Å²) in [5.74, 6) is 0.757. The van der Waals surface area contributed by atoms with Gasteiger partial charge in [-0.15, -0.1) is 0 Å². The first kappa shape index (κ1) is 19.0. The number of rotatable bonds is 5. The van der Waals surface area contributed by atoms with E-state index < -0.39 is 0 Å². The van der Waals surface area contributed by atoms with Gasteiger partial charge >= 0.3 is 6.03 Å². The van der Waals surface area contributed by atoms with Gasteiger partial charge in [-0.05, 0) is 61.5 Å². The molecule has 1 saturated heterocycles. The fourth-order valence-corrected chi connectivity index (χ4v) is 3.27. The predicted molar refractivity (Wildman–Crippen MR) is 111 cm³/mol. The van der Waals surface area contributed by atoms with Crippen molar-refractivity contribution in [3.8, 4) is 5.75 Å². The minimum absolute atomic E-state index is 0.257. The Morgan fingerprint density at radius 1 is 1.04 bits per heavy atom. The largest absolute Gasteiger partial charge is 0.497 e. The second-order valence-electron chi connectivity index (χ2n) is 6.73. The van der Waals surface area contributed by atoms with E-state index in [-0.39, 0.29) is 6.03 Å². The summed E-state index contributed by atoms with van der Waals surface area (Å²) in [6.45, 7) is 9.61. The second-order valence-corrected chi connectivity index (χ2v) is 6.73. The van der Waals surface area contributed by atoms with Crippen molar-refractivity contribution in [3.63, 3.8) is 0 Å². The number of amides is 2. The minimum Gasteiger partial charge on any atom is -0.497 e. The van der Waals surface area contributed by atoms with Gasteiger partial charge in [0, 0.05) is 43.2 Å². The average molecular weight is 368 g/mol. The molecule has 0 unspecified atom stereocenters. The summed E-state index contributed by atoms with van der Waals surface area (Å²) in [6, 6.07) is 13.2. The van der Waals surface area contributed by atoms with Crippen LogP contribution >= 0.6 is 0 Å². The Kier molecular flexibility index (Phi) is 6.19. The van der Waals surface area contributed by atoms with E-state index >= 15 is 0 Å². The molecule has 1 aliphatic rings. The first-order valence-corrected chi connectivity index (χ1v) is 9.39. The molecule has 0 radical (unpaired) electrons. The van der Waals surface area contributed by atoms with Crippen molar-refractivity contribution >= 4 is 23.1 Å². The Hall–Kier alpha value is -2.73. The van der Waals surface area contributed by atoms with E-state index in [0.29, 0.717) is 0 Å². The van der Waals surface area contributed by atoms with Crippen molar-refractivity contribution < 1.29 is 9.53 Å². The molecular weight excluding hydrogens is 340 g/mol. The monoisotopic (exact) mass is 368 g/mol. The average Bonchev–Trinajstić information content (AvgIpc) is 2.70. The lowest BCUT2D eigenvalue weighted by Gasteiger charge is -2.35. The van der Waals surface area contributed by atoms with Crippen LogP contribution in [0.5, 0.6) is 5.75 Å². The second kappa shape index (κ2) is 8.77. The van der Waals surface area contributed by atoms with E-state index in [1.165, 1.54) is 5.69 Å². The van der Waals surface area contributed by atoms with Crippen molar-refractivity contribution in [2.75, 3.05) is 55.4 Å². The molecule has 6 heteroatoms. The van der Waals surface area contributed by atoms with Gasteiger partial charge < -0.3 is 25.2 Å². The third-order valence-electron chi connectivity index (χ3n) is 4.99. The highest BCUT2D eigenvalue weighted by Gasteiger charge is 2.16. The van der Waals surface area contributed by atoms with Crippen molar-refractivity contribution in [1.29, 1.82) is 0 Å². The number of hydrogen-bond acceptors (Lipinski definition) is 4. The van der Waals surface area contributed by atoms with Crippen LogP contribution in [0.3, 0.4) is 0 Å². The molecule has 0 spiro atoms. The third-order valence-corrected chi connectivity index (χ3v) is 4.99. The maximum Gasteiger partial charge on any atom is 0.323 e. The standard InChI is InChI=1S/C21H28N4O2/c1-4-24-11-13-25(14-12-24)18-7-10-20(16(2)15-18)23-21(26)22-17-5-8-19(27-3)9-6-17/h5-10,15H,4,11-14H2,1-3H3,(H2,22,23,26). The number of carbonyl (C=O) groups is 1. The summed E-state index contributed by atoms with van der Waals surface area (Å²) in [6.07, 6.45) is 0. The molecule has 144 valence electrons. The number of ether oxygens (including phenoxy) is 1. The number of hydrogen-bond donors (Lipinski definition) is 2. The fourth-order valence-electron chi connectivity index (χ4n) is 3.27. The number of methoxy groups -OCH3 is 1. The van der Waals surface area contributed by atoms with Crippen LogP contribution in [0.2, 0.25) is 0 Å². The summed E-state index contributed by atoms with van der Waals surface area (Å²) < 4.78 is 5.12.